The Balaban J connectivity index is 2.14. The van der Waals surface area contributed by atoms with Crippen molar-refractivity contribution in [2.75, 3.05) is 25.0 Å². The third kappa shape index (κ3) is 5.91. The van der Waals surface area contributed by atoms with Gasteiger partial charge in [0, 0.05) is 5.33 Å². The van der Waals surface area contributed by atoms with Gasteiger partial charge in [0.05, 0.1) is 0 Å². The topological polar surface area (TPSA) is 3.24 Å². The zero-order valence-corrected chi connectivity index (χ0v) is 11.8. The molecule has 0 spiro atoms. The summed E-state index contributed by atoms with van der Waals surface area (Å²) in [7, 11) is 0. The molecule has 0 amide bonds. The molecular weight excluding hydrogens is 250 g/mol. The smallest absolute Gasteiger partial charge is 0.00317 e. The Morgan fingerprint density at radius 2 is 2.07 bits per heavy atom. The summed E-state index contributed by atoms with van der Waals surface area (Å²) in [6.07, 6.45) is 9.87. The average Bonchev–Trinajstić information content (AvgIpc) is 2.45. The van der Waals surface area contributed by atoms with Crippen molar-refractivity contribution < 1.29 is 0 Å². The first-order valence-corrected chi connectivity index (χ1v) is 7.77. The van der Waals surface area contributed by atoms with Gasteiger partial charge in [-0.3, -0.25) is 0 Å². The summed E-state index contributed by atoms with van der Waals surface area (Å²) in [6.45, 7) is 6.35. The van der Waals surface area contributed by atoms with Gasteiger partial charge in [-0.2, -0.15) is 0 Å². The van der Waals surface area contributed by atoms with Crippen LogP contribution in [0.25, 0.3) is 0 Å². The van der Waals surface area contributed by atoms with E-state index >= 15 is 0 Å². The summed E-state index contributed by atoms with van der Waals surface area (Å²) >= 11 is 3.50. The number of likely N-dealkylation sites (tertiary alicyclic amines) is 1. The highest BCUT2D eigenvalue weighted by molar-refractivity contribution is 9.09. The third-order valence-electron chi connectivity index (χ3n) is 3.50. The van der Waals surface area contributed by atoms with Crippen molar-refractivity contribution in [3.8, 4) is 0 Å². The van der Waals surface area contributed by atoms with Crippen LogP contribution in [0.1, 0.15) is 51.9 Å². The minimum Gasteiger partial charge on any atom is -0.303 e. The van der Waals surface area contributed by atoms with E-state index in [2.05, 4.69) is 27.8 Å². The second kappa shape index (κ2) is 8.58. The van der Waals surface area contributed by atoms with E-state index in [-0.39, 0.29) is 0 Å². The third-order valence-corrected chi connectivity index (χ3v) is 4.06. The Hall–Kier alpha value is 0.440. The number of hydrogen-bond acceptors (Lipinski definition) is 1. The molecule has 1 atom stereocenters. The Labute approximate surface area is 104 Å². The molecule has 0 aromatic carbocycles. The molecule has 0 aromatic heterocycles. The summed E-state index contributed by atoms with van der Waals surface area (Å²) in [5.41, 5.74) is 0. The fourth-order valence-electron chi connectivity index (χ4n) is 2.58. The van der Waals surface area contributed by atoms with Crippen molar-refractivity contribution in [3.05, 3.63) is 0 Å². The predicted molar refractivity (Wildman–Crippen MR) is 71.7 cm³/mol. The molecule has 1 aliphatic heterocycles. The monoisotopic (exact) mass is 275 g/mol. The molecule has 0 radical (unpaired) electrons. The number of unbranched alkanes of at least 4 members (excludes halogenated alkanes) is 1. The Morgan fingerprint density at radius 1 is 1.20 bits per heavy atom. The summed E-state index contributed by atoms with van der Waals surface area (Å²) in [6, 6.07) is 0. The van der Waals surface area contributed by atoms with E-state index < -0.39 is 0 Å². The van der Waals surface area contributed by atoms with E-state index in [0.717, 1.165) is 5.92 Å². The fourth-order valence-corrected chi connectivity index (χ4v) is 2.97. The van der Waals surface area contributed by atoms with Crippen LogP contribution in [0.4, 0.5) is 0 Å². The van der Waals surface area contributed by atoms with Gasteiger partial charge in [0.2, 0.25) is 0 Å². The highest BCUT2D eigenvalue weighted by Crippen LogP contribution is 2.21. The van der Waals surface area contributed by atoms with Crippen LogP contribution in [0, 0.1) is 5.92 Å². The number of alkyl halides is 1. The van der Waals surface area contributed by atoms with Crippen LogP contribution in [0.2, 0.25) is 0 Å². The lowest BCUT2D eigenvalue weighted by molar-refractivity contribution is 0.275. The van der Waals surface area contributed by atoms with Gasteiger partial charge in [-0.15, -0.1) is 0 Å². The van der Waals surface area contributed by atoms with Crippen molar-refractivity contribution in [2.45, 2.75) is 51.9 Å². The van der Waals surface area contributed by atoms with E-state index in [1.165, 1.54) is 69.9 Å². The van der Waals surface area contributed by atoms with Gasteiger partial charge in [0.1, 0.15) is 0 Å². The fraction of sp³-hybridized carbons (Fsp3) is 1.00. The molecular formula is C13H26BrN. The first kappa shape index (κ1) is 13.5. The Kier molecular flexibility index (Phi) is 7.72. The van der Waals surface area contributed by atoms with Crippen molar-refractivity contribution in [1.29, 1.82) is 0 Å². The number of halogens is 1. The molecule has 2 heteroatoms. The average molecular weight is 276 g/mol. The van der Waals surface area contributed by atoms with Crippen LogP contribution in [-0.4, -0.2) is 29.9 Å². The molecule has 1 heterocycles. The molecule has 1 rings (SSSR count). The summed E-state index contributed by atoms with van der Waals surface area (Å²) in [5, 5.41) is 1.17. The molecule has 0 saturated carbocycles. The lowest BCUT2D eigenvalue weighted by atomic mass is 9.96. The molecule has 1 nitrogen and oxygen atoms in total. The molecule has 0 N–H and O–H groups in total. The van der Waals surface area contributed by atoms with E-state index in [9.17, 15) is 0 Å². The minimum absolute atomic E-state index is 1.02. The quantitative estimate of drug-likeness (QED) is 0.522. The Bertz CT molecular complexity index is 149. The van der Waals surface area contributed by atoms with Crippen LogP contribution >= 0.6 is 15.9 Å². The van der Waals surface area contributed by atoms with Crippen LogP contribution < -0.4 is 0 Å². The Morgan fingerprint density at radius 3 is 2.80 bits per heavy atom. The lowest BCUT2D eigenvalue weighted by Gasteiger charge is -2.19. The van der Waals surface area contributed by atoms with Gasteiger partial charge in [-0.25, -0.2) is 0 Å². The van der Waals surface area contributed by atoms with Crippen molar-refractivity contribution in [2.24, 2.45) is 5.92 Å². The van der Waals surface area contributed by atoms with Gasteiger partial charge >= 0.3 is 0 Å². The molecule has 90 valence electrons. The van der Waals surface area contributed by atoms with Gasteiger partial charge in [-0.1, -0.05) is 35.7 Å². The van der Waals surface area contributed by atoms with Gasteiger partial charge in [0.25, 0.3) is 0 Å². The molecule has 0 bridgehead atoms. The molecule has 1 fully saturated rings. The maximum Gasteiger partial charge on any atom is 0.00317 e. The summed E-state index contributed by atoms with van der Waals surface area (Å²) < 4.78 is 0. The van der Waals surface area contributed by atoms with Crippen LogP contribution in [0.15, 0.2) is 0 Å². The highest BCUT2D eigenvalue weighted by Gasteiger charge is 2.15. The predicted octanol–water partition coefficient (Wildman–Crippen LogP) is 4.06. The van der Waals surface area contributed by atoms with E-state index in [1.54, 1.807) is 0 Å². The van der Waals surface area contributed by atoms with Gasteiger partial charge in [-0.05, 0) is 57.7 Å². The second-order valence-electron chi connectivity index (χ2n) is 4.82. The van der Waals surface area contributed by atoms with Crippen molar-refractivity contribution >= 4 is 15.9 Å². The van der Waals surface area contributed by atoms with Crippen LogP contribution in [0.5, 0.6) is 0 Å². The SMILES string of the molecule is CCCC1CCCN(CCCCBr)CC1. The first-order chi connectivity index (χ1) is 7.36. The zero-order valence-electron chi connectivity index (χ0n) is 10.2. The number of rotatable bonds is 6. The molecule has 1 aliphatic rings. The van der Waals surface area contributed by atoms with E-state index in [0.29, 0.717) is 0 Å². The number of hydrogen-bond donors (Lipinski definition) is 0. The van der Waals surface area contributed by atoms with Gasteiger partial charge in [0.15, 0.2) is 0 Å². The highest BCUT2D eigenvalue weighted by atomic mass is 79.9. The lowest BCUT2D eigenvalue weighted by Crippen LogP contribution is -2.26. The largest absolute Gasteiger partial charge is 0.303 e. The maximum absolute atomic E-state index is 3.50. The molecule has 0 aromatic rings. The van der Waals surface area contributed by atoms with E-state index in [4.69, 9.17) is 0 Å². The summed E-state index contributed by atoms with van der Waals surface area (Å²) in [4.78, 5) is 2.68. The number of nitrogens with zero attached hydrogens (tertiary/aromatic N) is 1. The van der Waals surface area contributed by atoms with Crippen LogP contribution in [-0.2, 0) is 0 Å². The zero-order chi connectivity index (χ0) is 10.9. The second-order valence-corrected chi connectivity index (χ2v) is 5.62. The maximum atomic E-state index is 3.50. The molecule has 1 unspecified atom stereocenters. The molecule has 1 saturated heterocycles. The van der Waals surface area contributed by atoms with Crippen LogP contribution in [0.3, 0.4) is 0 Å². The molecule has 15 heavy (non-hydrogen) atoms. The van der Waals surface area contributed by atoms with Gasteiger partial charge < -0.3 is 4.90 Å². The minimum atomic E-state index is 1.02. The normalized spacial score (nSPS) is 24.0. The van der Waals surface area contributed by atoms with Crippen molar-refractivity contribution in [1.82, 2.24) is 4.90 Å². The summed E-state index contributed by atoms with van der Waals surface area (Å²) in [5.74, 6) is 1.02. The standard InChI is InChI=1S/C13H26BrN/c1-2-6-13-7-5-11-15(12-8-13)10-4-3-9-14/h13H,2-12H2,1H3. The first-order valence-electron chi connectivity index (χ1n) is 6.65. The molecule has 0 aliphatic carbocycles. The van der Waals surface area contributed by atoms with E-state index in [1.807, 2.05) is 0 Å². The van der Waals surface area contributed by atoms with Crippen molar-refractivity contribution in [3.63, 3.8) is 0 Å².